The predicted molar refractivity (Wildman–Crippen MR) is 79.0 cm³/mol. The quantitative estimate of drug-likeness (QED) is 0.802. The molecule has 0 aliphatic heterocycles. The molecule has 0 saturated heterocycles. The Morgan fingerprint density at radius 1 is 0.800 bits per heavy atom. The van der Waals surface area contributed by atoms with Crippen LogP contribution < -0.4 is 0 Å². The summed E-state index contributed by atoms with van der Waals surface area (Å²) in [7, 11) is 0. The van der Waals surface area contributed by atoms with Crippen LogP contribution in [0.4, 0.5) is 0 Å². The molecule has 0 amide bonds. The average molecular weight is 276 g/mol. The van der Waals surface area contributed by atoms with Crippen molar-refractivity contribution in [2.45, 2.75) is 13.8 Å². The molecule has 0 spiro atoms. The summed E-state index contributed by atoms with van der Waals surface area (Å²) >= 11 is 0. The standard InChI is InChI=1S/C12H10O3.C4H10O/c13-9-3-1-8(2-4-9)11-6-5-10(14)7-12(11)15;1-3-5-4-2/h1-7,13-15H;3-4H2,1-2H3. The van der Waals surface area contributed by atoms with Crippen molar-refractivity contribution in [1.82, 2.24) is 0 Å². The fraction of sp³-hybridized carbons (Fsp3) is 0.250. The molecule has 2 aromatic carbocycles. The molecule has 2 aromatic rings. The Hall–Kier alpha value is -2.20. The molecule has 4 heteroatoms. The zero-order chi connectivity index (χ0) is 15.0. The van der Waals surface area contributed by atoms with Crippen LogP contribution in [0, 0.1) is 0 Å². The number of hydrogen-bond acceptors (Lipinski definition) is 4. The molecule has 3 N–H and O–H groups in total. The predicted octanol–water partition coefficient (Wildman–Crippen LogP) is 3.51. The molecule has 0 atom stereocenters. The van der Waals surface area contributed by atoms with Crippen molar-refractivity contribution in [3.05, 3.63) is 42.5 Å². The van der Waals surface area contributed by atoms with Crippen molar-refractivity contribution in [1.29, 1.82) is 0 Å². The van der Waals surface area contributed by atoms with E-state index in [9.17, 15) is 5.11 Å². The van der Waals surface area contributed by atoms with Gasteiger partial charge in [0, 0.05) is 24.8 Å². The van der Waals surface area contributed by atoms with Crippen molar-refractivity contribution in [2.24, 2.45) is 0 Å². The molecule has 108 valence electrons. The normalized spacial score (nSPS) is 9.70. The SMILES string of the molecule is CCOCC.Oc1ccc(-c2ccc(O)cc2O)cc1. The van der Waals surface area contributed by atoms with Crippen LogP contribution in [-0.2, 0) is 4.74 Å². The highest BCUT2D eigenvalue weighted by molar-refractivity contribution is 5.71. The van der Waals surface area contributed by atoms with Gasteiger partial charge in [0.05, 0.1) is 0 Å². The molecular weight excluding hydrogens is 256 g/mol. The first-order chi connectivity index (χ1) is 9.58. The first kappa shape index (κ1) is 15.9. The summed E-state index contributed by atoms with van der Waals surface area (Å²) in [6.07, 6.45) is 0. The number of phenolic OH excluding ortho intramolecular Hbond substituents is 3. The number of benzene rings is 2. The summed E-state index contributed by atoms with van der Waals surface area (Å²) in [5, 5.41) is 27.8. The second kappa shape index (κ2) is 8.07. The van der Waals surface area contributed by atoms with Crippen molar-refractivity contribution >= 4 is 0 Å². The van der Waals surface area contributed by atoms with Crippen LogP contribution in [0.5, 0.6) is 17.2 Å². The van der Waals surface area contributed by atoms with Crippen molar-refractivity contribution in [2.75, 3.05) is 13.2 Å². The van der Waals surface area contributed by atoms with E-state index < -0.39 is 0 Å². The lowest BCUT2D eigenvalue weighted by molar-refractivity contribution is 0.162. The van der Waals surface area contributed by atoms with Crippen LogP contribution in [0.25, 0.3) is 11.1 Å². The molecule has 0 aliphatic carbocycles. The first-order valence-electron chi connectivity index (χ1n) is 6.47. The number of phenols is 3. The Bertz CT molecular complexity index is 519. The first-order valence-corrected chi connectivity index (χ1v) is 6.47. The fourth-order valence-electron chi connectivity index (χ4n) is 1.61. The summed E-state index contributed by atoms with van der Waals surface area (Å²) in [5.41, 5.74) is 1.40. The molecule has 0 unspecified atom stereocenters. The number of aromatic hydroxyl groups is 3. The Morgan fingerprint density at radius 2 is 1.35 bits per heavy atom. The lowest BCUT2D eigenvalue weighted by Crippen LogP contribution is -1.84. The molecule has 0 bridgehead atoms. The molecule has 0 heterocycles. The Labute approximate surface area is 118 Å². The Balaban J connectivity index is 0.000000347. The van der Waals surface area contributed by atoms with Gasteiger partial charge in [0.25, 0.3) is 0 Å². The molecule has 0 radical (unpaired) electrons. The zero-order valence-corrected chi connectivity index (χ0v) is 11.7. The lowest BCUT2D eigenvalue weighted by Gasteiger charge is -2.05. The van der Waals surface area contributed by atoms with E-state index in [0.717, 1.165) is 18.8 Å². The molecular formula is C16H20O4. The lowest BCUT2D eigenvalue weighted by atomic mass is 10.0. The molecule has 0 fully saturated rings. The van der Waals surface area contributed by atoms with Crippen LogP contribution in [0.3, 0.4) is 0 Å². The van der Waals surface area contributed by atoms with E-state index >= 15 is 0 Å². The highest BCUT2D eigenvalue weighted by Gasteiger charge is 2.04. The second-order valence-electron chi connectivity index (χ2n) is 4.03. The molecule has 0 aromatic heterocycles. The van der Waals surface area contributed by atoms with Gasteiger partial charge in [-0.05, 0) is 43.7 Å². The third kappa shape index (κ3) is 4.82. The van der Waals surface area contributed by atoms with Crippen LogP contribution >= 0.6 is 0 Å². The van der Waals surface area contributed by atoms with E-state index in [1.54, 1.807) is 30.3 Å². The maximum Gasteiger partial charge on any atom is 0.127 e. The molecule has 20 heavy (non-hydrogen) atoms. The van der Waals surface area contributed by atoms with Gasteiger partial charge >= 0.3 is 0 Å². The largest absolute Gasteiger partial charge is 0.508 e. The van der Waals surface area contributed by atoms with E-state index in [1.165, 1.54) is 12.1 Å². The number of ether oxygens (including phenoxy) is 1. The molecule has 2 rings (SSSR count). The van der Waals surface area contributed by atoms with Crippen LogP contribution in [-0.4, -0.2) is 28.5 Å². The topological polar surface area (TPSA) is 69.9 Å². The van der Waals surface area contributed by atoms with Gasteiger partial charge in [-0.2, -0.15) is 0 Å². The minimum atomic E-state index is 0.0145. The van der Waals surface area contributed by atoms with Crippen molar-refractivity contribution in [3.63, 3.8) is 0 Å². The minimum absolute atomic E-state index is 0.0145. The van der Waals surface area contributed by atoms with Gasteiger partial charge in [0.1, 0.15) is 17.2 Å². The molecule has 0 saturated carbocycles. The highest BCUT2D eigenvalue weighted by atomic mass is 16.5. The number of hydrogen-bond donors (Lipinski definition) is 3. The van der Waals surface area contributed by atoms with Crippen LogP contribution in [0.15, 0.2) is 42.5 Å². The van der Waals surface area contributed by atoms with E-state index in [2.05, 4.69) is 0 Å². The monoisotopic (exact) mass is 276 g/mol. The van der Waals surface area contributed by atoms with Crippen LogP contribution in [0.1, 0.15) is 13.8 Å². The van der Waals surface area contributed by atoms with Crippen molar-refractivity contribution in [3.8, 4) is 28.4 Å². The number of rotatable bonds is 3. The third-order valence-electron chi connectivity index (χ3n) is 2.57. The Morgan fingerprint density at radius 3 is 1.80 bits per heavy atom. The van der Waals surface area contributed by atoms with E-state index in [-0.39, 0.29) is 17.2 Å². The maximum atomic E-state index is 9.59. The van der Waals surface area contributed by atoms with Crippen LogP contribution in [0.2, 0.25) is 0 Å². The second-order valence-corrected chi connectivity index (χ2v) is 4.03. The van der Waals surface area contributed by atoms with Gasteiger partial charge in [-0.15, -0.1) is 0 Å². The fourth-order valence-corrected chi connectivity index (χ4v) is 1.61. The minimum Gasteiger partial charge on any atom is -0.508 e. The highest BCUT2D eigenvalue weighted by Crippen LogP contribution is 2.32. The summed E-state index contributed by atoms with van der Waals surface area (Å²) < 4.78 is 4.83. The zero-order valence-electron chi connectivity index (χ0n) is 11.7. The summed E-state index contributed by atoms with van der Waals surface area (Å²) in [4.78, 5) is 0. The maximum absolute atomic E-state index is 9.59. The van der Waals surface area contributed by atoms with Gasteiger partial charge in [-0.1, -0.05) is 12.1 Å². The summed E-state index contributed by atoms with van der Waals surface area (Å²) in [6.45, 7) is 5.67. The average Bonchev–Trinajstić information content (AvgIpc) is 2.42. The molecule has 0 aliphatic rings. The van der Waals surface area contributed by atoms with Crippen molar-refractivity contribution < 1.29 is 20.1 Å². The van der Waals surface area contributed by atoms with E-state index in [0.29, 0.717) is 5.56 Å². The van der Waals surface area contributed by atoms with E-state index in [1.807, 2.05) is 13.8 Å². The Kier molecular flexibility index (Phi) is 6.40. The van der Waals surface area contributed by atoms with E-state index in [4.69, 9.17) is 14.9 Å². The summed E-state index contributed by atoms with van der Waals surface area (Å²) in [6, 6.07) is 10.9. The molecule has 4 nitrogen and oxygen atoms in total. The van der Waals surface area contributed by atoms with Gasteiger partial charge in [0.2, 0.25) is 0 Å². The van der Waals surface area contributed by atoms with Gasteiger partial charge in [-0.25, -0.2) is 0 Å². The van der Waals surface area contributed by atoms with Gasteiger partial charge < -0.3 is 20.1 Å². The van der Waals surface area contributed by atoms with Gasteiger partial charge in [0.15, 0.2) is 0 Å². The third-order valence-corrected chi connectivity index (χ3v) is 2.57. The smallest absolute Gasteiger partial charge is 0.127 e. The van der Waals surface area contributed by atoms with Gasteiger partial charge in [-0.3, -0.25) is 0 Å². The summed E-state index contributed by atoms with van der Waals surface area (Å²) in [5.74, 6) is 0.215.